The average molecular weight is 381 g/mol. The summed E-state index contributed by atoms with van der Waals surface area (Å²) < 4.78 is 0. The van der Waals surface area contributed by atoms with Gasteiger partial charge in [0.25, 0.3) is 0 Å². The lowest BCUT2D eigenvalue weighted by Crippen LogP contribution is -3.13. The molecule has 0 radical (unpaired) electrons. The molecule has 2 aromatic carbocycles. The van der Waals surface area contributed by atoms with E-state index in [1.165, 1.54) is 10.5 Å². The number of halogens is 2. The molecule has 3 rings (SSSR count). The van der Waals surface area contributed by atoms with E-state index in [0.29, 0.717) is 5.02 Å². The highest BCUT2D eigenvalue weighted by molar-refractivity contribution is 7.80. The van der Waals surface area contributed by atoms with Crippen LogP contribution in [0.2, 0.25) is 10.0 Å². The molecule has 1 unspecified atom stereocenters. The zero-order chi connectivity index (χ0) is 16.9. The van der Waals surface area contributed by atoms with E-state index < -0.39 is 0 Å². The molecule has 0 bridgehead atoms. The summed E-state index contributed by atoms with van der Waals surface area (Å²) in [6, 6.07) is 15.7. The number of benzene rings is 2. The van der Waals surface area contributed by atoms with Gasteiger partial charge in [-0.15, -0.1) is 0 Å². The van der Waals surface area contributed by atoms with Crippen LogP contribution in [-0.2, 0) is 6.54 Å². The third kappa shape index (κ3) is 4.61. The van der Waals surface area contributed by atoms with Gasteiger partial charge in [-0.2, -0.15) is 0 Å². The summed E-state index contributed by atoms with van der Waals surface area (Å²) in [5.41, 5.74) is 2.11. The first-order valence-corrected chi connectivity index (χ1v) is 9.17. The second-order valence-electron chi connectivity index (χ2n) is 5.98. The molecule has 1 aliphatic rings. The summed E-state index contributed by atoms with van der Waals surface area (Å²) in [4.78, 5) is 3.68. The molecule has 1 saturated heterocycles. The Hall–Kier alpha value is -1.33. The molecule has 1 fully saturated rings. The monoisotopic (exact) mass is 380 g/mol. The van der Waals surface area contributed by atoms with Crippen LogP contribution in [-0.4, -0.2) is 29.8 Å². The Kier molecular flexibility index (Phi) is 5.95. The van der Waals surface area contributed by atoms with Crippen LogP contribution in [0.1, 0.15) is 12.0 Å². The highest BCUT2D eigenvalue weighted by atomic mass is 35.5. The van der Waals surface area contributed by atoms with Crippen molar-refractivity contribution in [3.8, 4) is 0 Å². The Labute approximate surface area is 158 Å². The van der Waals surface area contributed by atoms with E-state index in [0.717, 1.165) is 48.5 Å². The quantitative estimate of drug-likeness (QED) is 0.795. The second-order valence-corrected chi connectivity index (χ2v) is 7.21. The van der Waals surface area contributed by atoms with Crippen molar-refractivity contribution >= 4 is 46.2 Å². The minimum atomic E-state index is 0.701. The number of rotatable bonds is 3. The molecule has 126 valence electrons. The number of hydrogen-bond donors (Lipinski definition) is 2. The minimum absolute atomic E-state index is 0.701. The summed E-state index contributed by atoms with van der Waals surface area (Å²) in [6.07, 6.45) is 1.11. The van der Waals surface area contributed by atoms with Crippen molar-refractivity contribution in [2.24, 2.45) is 0 Å². The maximum atomic E-state index is 6.29. The Balaban J connectivity index is 1.60. The van der Waals surface area contributed by atoms with Crippen molar-refractivity contribution in [3.63, 3.8) is 0 Å². The van der Waals surface area contributed by atoms with Crippen LogP contribution in [0.5, 0.6) is 0 Å². The molecule has 3 nitrogen and oxygen atoms in total. The first-order valence-electron chi connectivity index (χ1n) is 8.00. The van der Waals surface area contributed by atoms with Gasteiger partial charge in [0.05, 0.1) is 6.54 Å². The van der Waals surface area contributed by atoms with Gasteiger partial charge in [0.1, 0.15) is 6.54 Å². The fourth-order valence-corrected chi connectivity index (χ4v) is 3.61. The fourth-order valence-electron chi connectivity index (χ4n) is 2.95. The van der Waals surface area contributed by atoms with Crippen LogP contribution in [0.4, 0.5) is 5.69 Å². The van der Waals surface area contributed by atoms with Gasteiger partial charge >= 0.3 is 0 Å². The summed E-state index contributed by atoms with van der Waals surface area (Å²) >= 11 is 17.9. The number of hydrogen-bond acceptors (Lipinski definition) is 1. The smallest absolute Gasteiger partial charge is 0.177 e. The van der Waals surface area contributed by atoms with Crippen molar-refractivity contribution in [1.82, 2.24) is 4.90 Å². The van der Waals surface area contributed by atoms with E-state index in [-0.39, 0.29) is 0 Å². The van der Waals surface area contributed by atoms with Gasteiger partial charge in [-0.3, -0.25) is 0 Å². The Morgan fingerprint density at radius 2 is 2.00 bits per heavy atom. The van der Waals surface area contributed by atoms with Gasteiger partial charge in [0, 0.05) is 34.3 Å². The molecule has 0 saturated carbocycles. The van der Waals surface area contributed by atoms with Gasteiger partial charge in [-0.05, 0) is 36.5 Å². The largest absolute Gasteiger partial charge is 0.332 e. The van der Waals surface area contributed by atoms with Gasteiger partial charge < -0.3 is 15.1 Å². The Bertz CT molecular complexity index is 723. The first-order chi connectivity index (χ1) is 11.6. The van der Waals surface area contributed by atoms with E-state index in [1.807, 2.05) is 42.5 Å². The minimum Gasteiger partial charge on any atom is -0.332 e. The molecule has 6 heteroatoms. The van der Waals surface area contributed by atoms with E-state index in [9.17, 15) is 0 Å². The van der Waals surface area contributed by atoms with Crippen molar-refractivity contribution in [2.75, 3.05) is 25.1 Å². The third-order valence-electron chi connectivity index (χ3n) is 4.13. The molecule has 1 aliphatic heterocycles. The lowest BCUT2D eigenvalue weighted by atomic mass is 10.2. The van der Waals surface area contributed by atoms with E-state index in [2.05, 4.69) is 16.3 Å². The number of thiocarbonyl (C=S) groups is 1. The van der Waals surface area contributed by atoms with Gasteiger partial charge in [-0.25, -0.2) is 0 Å². The summed E-state index contributed by atoms with van der Waals surface area (Å²) in [5, 5.41) is 5.56. The highest BCUT2D eigenvalue weighted by Crippen LogP contribution is 2.16. The van der Waals surface area contributed by atoms with Gasteiger partial charge in [-0.1, -0.05) is 47.5 Å². The van der Waals surface area contributed by atoms with Crippen LogP contribution in [0.3, 0.4) is 0 Å². The zero-order valence-electron chi connectivity index (χ0n) is 13.3. The number of nitrogens with zero attached hydrogens (tertiary/aromatic N) is 1. The topological polar surface area (TPSA) is 19.7 Å². The van der Waals surface area contributed by atoms with Crippen molar-refractivity contribution in [1.29, 1.82) is 0 Å². The normalized spacial score (nSPS) is 17.6. The lowest BCUT2D eigenvalue weighted by molar-refractivity contribution is -0.927. The Morgan fingerprint density at radius 1 is 1.17 bits per heavy atom. The molecule has 2 N–H and O–H groups in total. The fraction of sp³-hybridized carbons (Fsp3) is 0.278. The molecule has 1 atom stereocenters. The van der Waals surface area contributed by atoms with E-state index >= 15 is 0 Å². The zero-order valence-corrected chi connectivity index (χ0v) is 15.6. The molecule has 0 spiro atoms. The predicted octanol–water partition coefficient (Wildman–Crippen LogP) is 3.44. The van der Waals surface area contributed by atoms with Crippen LogP contribution in [0.15, 0.2) is 48.5 Å². The predicted molar refractivity (Wildman–Crippen MR) is 105 cm³/mol. The number of anilines is 1. The third-order valence-corrected chi connectivity index (χ3v) is 5.10. The molecular weight excluding hydrogens is 361 g/mol. The van der Waals surface area contributed by atoms with Crippen molar-refractivity contribution in [2.45, 2.75) is 13.0 Å². The molecular formula is C18H20Cl2N3S+. The molecule has 0 aliphatic carbocycles. The maximum absolute atomic E-state index is 6.29. The molecule has 0 aromatic heterocycles. The second kappa shape index (κ2) is 8.17. The molecule has 1 heterocycles. The molecule has 24 heavy (non-hydrogen) atoms. The van der Waals surface area contributed by atoms with Gasteiger partial charge in [0.15, 0.2) is 11.8 Å². The lowest BCUT2D eigenvalue weighted by Gasteiger charge is -2.34. The summed E-state index contributed by atoms with van der Waals surface area (Å²) in [6.45, 7) is 3.88. The summed E-state index contributed by atoms with van der Waals surface area (Å²) in [7, 11) is 0. The van der Waals surface area contributed by atoms with Gasteiger partial charge in [0.2, 0.25) is 0 Å². The number of nitrogens with one attached hydrogen (secondary N) is 2. The highest BCUT2D eigenvalue weighted by Gasteiger charge is 2.23. The van der Waals surface area contributed by atoms with Crippen LogP contribution in [0, 0.1) is 0 Å². The standard InChI is InChI=1S/C18H19Cl2N3S/c19-15-6-3-7-16(11-15)21-18(24)23-10-4-9-22(13-23)12-14-5-1-2-8-17(14)20/h1-3,5-8,11H,4,9-10,12-13H2,(H,21,24)/p+1. The van der Waals surface area contributed by atoms with E-state index in [1.54, 1.807) is 0 Å². The molecule has 0 amide bonds. The maximum Gasteiger partial charge on any atom is 0.177 e. The molecule has 2 aromatic rings. The Morgan fingerprint density at radius 3 is 2.79 bits per heavy atom. The van der Waals surface area contributed by atoms with Crippen molar-refractivity contribution < 1.29 is 4.90 Å². The van der Waals surface area contributed by atoms with E-state index in [4.69, 9.17) is 35.4 Å². The van der Waals surface area contributed by atoms with Crippen LogP contribution < -0.4 is 10.2 Å². The van der Waals surface area contributed by atoms with Crippen molar-refractivity contribution in [3.05, 3.63) is 64.1 Å². The summed E-state index contributed by atoms with van der Waals surface area (Å²) in [5.74, 6) is 0. The van der Waals surface area contributed by atoms with Crippen LogP contribution in [0.25, 0.3) is 0 Å². The SMILES string of the molecule is S=C(Nc1cccc(Cl)c1)N1CCC[NH+](Cc2ccccc2Cl)C1. The van der Waals surface area contributed by atoms with Crippen LogP contribution >= 0.6 is 35.4 Å². The average Bonchev–Trinajstić information content (AvgIpc) is 2.57. The first kappa shape index (κ1) is 17.5. The number of quaternary nitrogens is 1.